The van der Waals surface area contributed by atoms with Gasteiger partial charge in [0.05, 0.1) is 66.9 Å². The second kappa shape index (κ2) is 17.4. The molecule has 0 unspecified atom stereocenters. The lowest BCUT2D eigenvalue weighted by atomic mass is 10.0. The minimum atomic E-state index is 0.612. The van der Waals surface area contributed by atoms with Crippen molar-refractivity contribution in [2.45, 2.75) is 0 Å². The zero-order valence-corrected chi connectivity index (χ0v) is 46.5. The first-order chi connectivity index (χ1) is 41.7. The largest absolute Gasteiger partial charge is 0.309 e. The molecule has 6 nitrogen and oxygen atoms in total. The second-order valence-electron chi connectivity index (χ2n) is 22.0. The zero-order valence-electron chi connectivity index (χ0n) is 44.9. The summed E-state index contributed by atoms with van der Waals surface area (Å²) in [5.41, 5.74) is 16.1. The van der Waals surface area contributed by atoms with E-state index >= 15 is 0 Å². The molecule has 0 atom stereocenters. The Morgan fingerprint density at radius 2 is 0.655 bits per heavy atom. The van der Waals surface area contributed by atoms with Crippen LogP contribution < -0.4 is 0 Å². The monoisotopic (exact) mass is 1100 g/mol. The molecule has 0 saturated heterocycles. The van der Waals surface area contributed by atoms with E-state index in [1.165, 1.54) is 72.8 Å². The maximum absolute atomic E-state index is 5.75. The molecule has 0 radical (unpaired) electrons. The Bertz CT molecular complexity index is 5870. The standard InChI is InChI=1S/C76H44N6S2/c1-2-18-47(19-3-1)79-62-28-12-6-24-54(62)72-64(79)30-16-31-65(72)80-63-29-13-7-25-55(63)73-66(80)32-17-33-67(73)81-60-26-10-4-20-48(60)52-38-39-53-49-21-5-11-27-61(49)82(75(53)74(52)81)76-77-58(45-36-40-70-56(42-45)50-22-8-14-34-68(50)83-70)44-59(78-76)46-37-41-71-57(43-46)51-23-9-15-35-69(51)84-71/h1-44H. The van der Waals surface area contributed by atoms with E-state index in [1.807, 2.05) is 22.7 Å². The van der Waals surface area contributed by atoms with Gasteiger partial charge in [0.15, 0.2) is 0 Å². The van der Waals surface area contributed by atoms with Crippen molar-refractivity contribution in [1.82, 2.24) is 28.2 Å². The summed E-state index contributed by atoms with van der Waals surface area (Å²) in [5, 5.41) is 14.3. The molecular weight excluding hydrogens is 1060 g/mol. The smallest absolute Gasteiger partial charge is 0.235 e. The van der Waals surface area contributed by atoms with Gasteiger partial charge in [-0.1, -0.05) is 164 Å². The highest BCUT2D eigenvalue weighted by atomic mass is 32.1. The SMILES string of the molecule is c1ccc(-n2c3ccccc3c3c(-n4c5ccccc5c5c(-n6c7ccccc7c7ccc8c9ccccc9n(-c9nc(-c%10ccc%11sc%12ccccc%12c%11c%10)cc(-c%10ccc%11sc%12ccccc%12c%11c%10)n9)c8c76)cccc54)cccc32)cc1. The molecular formula is C76H44N6S2. The number of nitrogens with zero attached hydrogens (tertiary/aromatic N) is 6. The topological polar surface area (TPSA) is 45.5 Å². The highest BCUT2D eigenvalue weighted by Crippen LogP contribution is 2.47. The zero-order chi connectivity index (χ0) is 54.7. The molecule has 7 aromatic heterocycles. The van der Waals surface area contributed by atoms with Crippen LogP contribution in [0, 0.1) is 0 Å². The minimum Gasteiger partial charge on any atom is -0.309 e. The fourth-order valence-electron chi connectivity index (χ4n) is 14.0. The third-order valence-electron chi connectivity index (χ3n) is 17.6. The summed E-state index contributed by atoms with van der Waals surface area (Å²) in [5.74, 6) is 0.612. The van der Waals surface area contributed by atoms with Crippen molar-refractivity contribution >= 4 is 150 Å². The quantitative estimate of drug-likeness (QED) is 0.167. The van der Waals surface area contributed by atoms with Crippen LogP contribution in [0.3, 0.4) is 0 Å². The van der Waals surface area contributed by atoms with Gasteiger partial charge in [0.25, 0.3) is 0 Å². The summed E-state index contributed by atoms with van der Waals surface area (Å²) in [6.45, 7) is 0. The van der Waals surface area contributed by atoms with Crippen molar-refractivity contribution in [2.24, 2.45) is 0 Å². The third-order valence-corrected chi connectivity index (χ3v) is 19.9. The van der Waals surface area contributed by atoms with Crippen LogP contribution in [0.1, 0.15) is 0 Å². The number of thiophene rings is 2. The first-order valence-corrected chi connectivity index (χ1v) is 30.1. The molecule has 12 aromatic carbocycles. The molecule has 0 bridgehead atoms. The minimum absolute atomic E-state index is 0.612. The van der Waals surface area contributed by atoms with Crippen LogP contribution in [0.15, 0.2) is 267 Å². The number of benzene rings is 12. The predicted octanol–water partition coefficient (Wildman–Crippen LogP) is 20.9. The van der Waals surface area contributed by atoms with Gasteiger partial charge in [0, 0.05) is 100 Å². The van der Waals surface area contributed by atoms with Crippen molar-refractivity contribution in [3.63, 3.8) is 0 Å². The van der Waals surface area contributed by atoms with E-state index in [1.54, 1.807) is 0 Å². The van der Waals surface area contributed by atoms with Crippen molar-refractivity contribution < 1.29 is 0 Å². The van der Waals surface area contributed by atoms with Gasteiger partial charge in [-0.15, -0.1) is 22.7 Å². The Morgan fingerprint density at radius 1 is 0.250 bits per heavy atom. The van der Waals surface area contributed by atoms with E-state index in [0.717, 1.165) is 94.4 Å². The van der Waals surface area contributed by atoms with E-state index in [4.69, 9.17) is 9.97 Å². The average molecular weight is 1110 g/mol. The molecule has 0 fully saturated rings. The highest BCUT2D eigenvalue weighted by Gasteiger charge is 2.27. The molecule has 19 rings (SSSR count). The van der Waals surface area contributed by atoms with Gasteiger partial charge in [0.1, 0.15) is 0 Å². The van der Waals surface area contributed by atoms with Crippen molar-refractivity contribution in [3.8, 4) is 45.5 Å². The van der Waals surface area contributed by atoms with E-state index in [2.05, 4.69) is 285 Å². The van der Waals surface area contributed by atoms with Crippen LogP contribution in [-0.2, 0) is 0 Å². The molecule has 7 heterocycles. The van der Waals surface area contributed by atoms with Crippen LogP contribution >= 0.6 is 22.7 Å². The van der Waals surface area contributed by atoms with Gasteiger partial charge in [-0.2, -0.15) is 0 Å². The van der Waals surface area contributed by atoms with Gasteiger partial charge in [-0.05, 0) is 103 Å². The van der Waals surface area contributed by atoms with Crippen LogP contribution in [0.5, 0.6) is 0 Å². The van der Waals surface area contributed by atoms with Gasteiger partial charge < -0.3 is 13.7 Å². The van der Waals surface area contributed by atoms with Gasteiger partial charge in [-0.25, -0.2) is 9.97 Å². The molecule has 0 spiro atoms. The maximum Gasteiger partial charge on any atom is 0.235 e. The number of hydrogen-bond donors (Lipinski definition) is 0. The van der Waals surface area contributed by atoms with E-state index in [9.17, 15) is 0 Å². The molecule has 84 heavy (non-hydrogen) atoms. The first kappa shape index (κ1) is 46.0. The van der Waals surface area contributed by atoms with Crippen molar-refractivity contribution in [2.75, 3.05) is 0 Å². The number of hydrogen-bond acceptors (Lipinski definition) is 4. The predicted molar refractivity (Wildman–Crippen MR) is 356 cm³/mol. The molecule has 390 valence electrons. The molecule has 19 aromatic rings. The molecule has 0 aliphatic carbocycles. The molecule has 0 aliphatic heterocycles. The molecule has 0 saturated carbocycles. The van der Waals surface area contributed by atoms with Crippen molar-refractivity contribution in [3.05, 3.63) is 267 Å². The van der Waals surface area contributed by atoms with Crippen LogP contribution in [-0.4, -0.2) is 28.2 Å². The normalized spacial score (nSPS) is 12.3. The summed E-state index contributed by atoms with van der Waals surface area (Å²) in [7, 11) is 0. The van der Waals surface area contributed by atoms with Crippen LogP contribution in [0.4, 0.5) is 0 Å². The number of para-hydroxylation sites is 5. The average Bonchev–Trinajstić information content (AvgIpc) is 2.42. The number of aromatic nitrogens is 6. The van der Waals surface area contributed by atoms with E-state index < -0.39 is 0 Å². The van der Waals surface area contributed by atoms with Crippen LogP contribution in [0.25, 0.3) is 173 Å². The van der Waals surface area contributed by atoms with Gasteiger partial charge >= 0.3 is 0 Å². The second-order valence-corrected chi connectivity index (χ2v) is 24.2. The fraction of sp³-hybridized carbons (Fsp3) is 0. The van der Waals surface area contributed by atoms with Gasteiger partial charge in [-0.3, -0.25) is 4.57 Å². The molecule has 0 N–H and O–H groups in total. The fourth-order valence-corrected chi connectivity index (χ4v) is 16.2. The van der Waals surface area contributed by atoms with E-state index in [-0.39, 0.29) is 0 Å². The number of rotatable bonds is 6. The first-order valence-electron chi connectivity index (χ1n) is 28.5. The lowest BCUT2D eigenvalue weighted by Gasteiger charge is -2.15. The highest BCUT2D eigenvalue weighted by molar-refractivity contribution is 7.26. The van der Waals surface area contributed by atoms with E-state index in [0.29, 0.717) is 5.95 Å². The molecule has 0 aliphatic rings. The summed E-state index contributed by atoms with van der Waals surface area (Å²) in [6.07, 6.45) is 0. The Labute approximate surface area is 487 Å². The Balaban J connectivity index is 0.914. The van der Waals surface area contributed by atoms with Crippen LogP contribution in [0.2, 0.25) is 0 Å². The molecule has 8 heteroatoms. The number of fused-ring (bicyclic) bond motifs is 19. The lowest BCUT2D eigenvalue weighted by molar-refractivity contribution is 0.995. The third kappa shape index (κ3) is 6.43. The summed E-state index contributed by atoms with van der Waals surface area (Å²) in [6, 6.07) is 97.9. The lowest BCUT2D eigenvalue weighted by Crippen LogP contribution is -2.05. The maximum atomic E-state index is 5.75. The van der Waals surface area contributed by atoms with Gasteiger partial charge in [0.2, 0.25) is 5.95 Å². The summed E-state index contributed by atoms with van der Waals surface area (Å²) >= 11 is 3.67. The Morgan fingerprint density at radius 3 is 1.21 bits per heavy atom. The molecule has 0 amide bonds. The summed E-state index contributed by atoms with van der Waals surface area (Å²) < 4.78 is 14.9. The Hall–Kier alpha value is -10.6. The summed E-state index contributed by atoms with van der Waals surface area (Å²) in [4.78, 5) is 11.5. The Kier molecular flexibility index (Phi) is 9.55. The van der Waals surface area contributed by atoms with Crippen molar-refractivity contribution in [1.29, 1.82) is 0 Å².